The van der Waals surface area contributed by atoms with Crippen LogP contribution >= 0.6 is 0 Å². The van der Waals surface area contributed by atoms with Crippen LogP contribution in [0, 0.1) is 0 Å². The molecule has 0 unspecified atom stereocenters. The number of fused-ring (bicyclic) bond motifs is 1. The van der Waals surface area contributed by atoms with E-state index in [0.29, 0.717) is 18.0 Å². The lowest BCUT2D eigenvalue weighted by molar-refractivity contribution is -0.278. The molecule has 1 amide bonds. The minimum absolute atomic E-state index is 0.237. The Morgan fingerprint density at radius 3 is 2.24 bits per heavy atom. The third-order valence-corrected chi connectivity index (χ3v) is 9.22. The van der Waals surface area contributed by atoms with Gasteiger partial charge in [-0.3, -0.25) is 5.32 Å². The Hall–Kier alpha value is -1.91. The number of rotatable bonds is 20. The first-order valence-electron chi connectivity index (χ1n) is 17.8. The van der Waals surface area contributed by atoms with E-state index in [0.717, 1.165) is 45.3 Å². The summed E-state index contributed by atoms with van der Waals surface area (Å²) in [6.07, 6.45) is 16.2. The quantitative estimate of drug-likeness (QED) is 0.145. The van der Waals surface area contributed by atoms with Gasteiger partial charge in [0.1, 0.15) is 18.5 Å². The van der Waals surface area contributed by atoms with Gasteiger partial charge in [-0.15, -0.1) is 0 Å². The lowest BCUT2D eigenvalue weighted by Crippen LogP contribution is -2.46. The Bertz CT molecular complexity index is 984. The SMILES string of the molecule is CCCCCCCCCCCCOC[C@@]12O[C@@H](CCCN3CCCCC3)[C@@H](OC(=O)Nc3ccc(OC)cc3)[C@@H]1OC(C)(C)O2. The van der Waals surface area contributed by atoms with Crippen molar-refractivity contribution < 1.29 is 33.2 Å². The van der Waals surface area contributed by atoms with Gasteiger partial charge in [-0.2, -0.15) is 0 Å². The fourth-order valence-corrected chi connectivity index (χ4v) is 6.88. The van der Waals surface area contributed by atoms with Gasteiger partial charge < -0.3 is 33.3 Å². The molecular formula is C36H60N2O7. The molecule has 1 aromatic carbocycles. The van der Waals surface area contributed by atoms with Crippen molar-refractivity contribution in [3.63, 3.8) is 0 Å². The first kappa shape index (κ1) is 35.9. The number of carbonyl (C=O) groups is 1. The third-order valence-electron chi connectivity index (χ3n) is 9.22. The lowest BCUT2D eigenvalue weighted by Gasteiger charge is -2.29. The molecular weight excluding hydrogens is 572 g/mol. The molecule has 9 nitrogen and oxygen atoms in total. The van der Waals surface area contributed by atoms with Crippen molar-refractivity contribution in [1.29, 1.82) is 0 Å². The smallest absolute Gasteiger partial charge is 0.412 e. The van der Waals surface area contributed by atoms with E-state index in [9.17, 15) is 4.79 Å². The highest BCUT2D eigenvalue weighted by atomic mass is 16.9. The molecule has 0 bridgehead atoms. The molecule has 0 aliphatic carbocycles. The Kier molecular flexibility index (Phi) is 14.7. The van der Waals surface area contributed by atoms with E-state index in [1.54, 1.807) is 31.4 Å². The predicted molar refractivity (Wildman–Crippen MR) is 177 cm³/mol. The van der Waals surface area contributed by atoms with Crippen molar-refractivity contribution in [2.75, 3.05) is 45.3 Å². The zero-order chi connectivity index (χ0) is 32.0. The van der Waals surface area contributed by atoms with Crippen molar-refractivity contribution in [3.8, 4) is 5.75 Å². The average Bonchev–Trinajstić information content (AvgIpc) is 3.44. The maximum absolute atomic E-state index is 13.2. The Morgan fingerprint density at radius 1 is 0.911 bits per heavy atom. The van der Waals surface area contributed by atoms with Crippen LogP contribution in [0.5, 0.6) is 5.75 Å². The van der Waals surface area contributed by atoms with Gasteiger partial charge in [0.2, 0.25) is 5.79 Å². The second-order valence-electron chi connectivity index (χ2n) is 13.5. The predicted octanol–water partition coefficient (Wildman–Crippen LogP) is 8.06. The molecule has 3 fully saturated rings. The van der Waals surface area contributed by atoms with Gasteiger partial charge in [0.05, 0.1) is 7.11 Å². The summed E-state index contributed by atoms with van der Waals surface area (Å²) >= 11 is 0. The molecule has 45 heavy (non-hydrogen) atoms. The third kappa shape index (κ3) is 11.4. The molecule has 3 aliphatic heterocycles. The number of carbonyl (C=O) groups excluding carboxylic acids is 1. The van der Waals surface area contributed by atoms with Crippen LogP contribution in [-0.2, 0) is 23.7 Å². The molecule has 0 aromatic heterocycles. The van der Waals surface area contributed by atoms with Gasteiger partial charge in [0, 0.05) is 12.3 Å². The minimum atomic E-state index is -1.12. The molecule has 4 rings (SSSR count). The fourth-order valence-electron chi connectivity index (χ4n) is 6.88. The highest BCUT2D eigenvalue weighted by Crippen LogP contribution is 2.47. The van der Waals surface area contributed by atoms with Crippen molar-refractivity contribution in [1.82, 2.24) is 4.90 Å². The van der Waals surface area contributed by atoms with E-state index in [1.807, 2.05) is 13.8 Å². The van der Waals surface area contributed by atoms with Gasteiger partial charge in [-0.25, -0.2) is 4.79 Å². The maximum Gasteiger partial charge on any atom is 0.412 e. The van der Waals surface area contributed by atoms with Gasteiger partial charge in [-0.05, 0) is 89.9 Å². The number of benzene rings is 1. The summed E-state index contributed by atoms with van der Waals surface area (Å²) in [6, 6.07) is 7.16. The second-order valence-corrected chi connectivity index (χ2v) is 13.5. The summed E-state index contributed by atoms with van der Waals surface area (Å²) < 4.78 is 37.0. The van der Waals surface area contributed by atoms with Gasteiger partial charge in [0.15, 0.2) is 18.0 Å². The Morgan fingerprint density at radius 2 is 1.58 bits per heavy atom. The van der Waals surface area contributed by atoms with Crippen LogP contribution in [-0.4, -0.2) is 80.8 Å². The first-order valence-corrected chi connectivity index (χ1v) is 17.8. The van der Waals surface area contributed by atoms with E-state index in [-0.39, 0.29) is 12.7 Å². The van der Waals surface area contributed by atoms with Crippen molar-refractivity contribution in [2.24, 2.45) is 0 Å². The molecule has 0 spiro atoms. The summed E-state index contributed by atoms with van der Waals surface area (Å²) in [7, 11) is 1.61. The zero-order valence-electron chi connectivity index (χ0n) is 28.5. The molecule has 3 heterocycles. The molecule has 1 N–H and O–H groups in total. The summed E-state index contributed by atoms with van der Waals surface area (Å²) in [5, 5.41) is 2.85. The largest absolute Gasteiger partial charge is 0.497 e. The lowest BCUT2D eigenvalue weighted by atomic mass is 10.0. The van der Waals surface area contributed by atoms with Crippen LogP contribution in [0.25, 0.3) is 0 Å². The number of amides is 1. The number of ether oxygens (including phenoxy) is 6. The second kappa shape index (κ2) is 18.4. The number of piperidine rings is 1. The molecule has 9 heteroatoms. The Labute approximate surface area is 272 Å². The van der Waals surface area contributed by atoms with Gasteiger partial charge >= 0.3 is 6.09 Å². The Balaban J connectivity index is 1.31. The monoisotopic (exact) mass is 632 g/mol. The number of hydrogen-bond acceptors (Lipinski definition) is 8. The van der Waals surface area contributed by atoms with E-state index >= 15 is 0 Å². The van der Waals surface area contributed by atoms with Crippen LogP contribution in [0.2, 0.25) is 0 Å². The number of methoxy groups -OCH3 is 1. The average molecular weight is 633 g/mol. The van der Waals surface area contributed by atoms with Crippen LogP contribution in [0.1, 0.15) is 117 Å². The van der Waals surface area contributed by atoms with Crippen molar-refractivity contribution in [2.45, 2.75) is 147 Å². The highest BCUT2D eigenvalue weighted by molar-refractivity contribution is 5.84. The number of likely N-dealkylation sites (tertiary alicyclic amines) is 1. The molecule has 0 saturated carbocycles. The molecule has 3 aliphatic rings. The van der Waals surface area contributed by atoms with Gasteiger partial charge in [0.25, 0.3) is 0 Å². The molecule has 3 saturated heterocycles. The topological polar surface area (TPSA) is 87.7 Å². The summed E-state index contributed by atoms with van der Waals surface area (Å²) in [4.78, 5) is 15.7. The number of nitrogens with one attached hydrogen (secondary N) is 1. The van der Waals surface area contributed by atoms with E-state index in [4.69, 9.17) is 28.4 Å². The highest BCUT2D eigenvalue weighted by Gasteiger charge is 2.66. The van der Waals surface area contributed by atoms with Crippen LogP contribution in [0.4, 0.5) is 10.5 Å². The number of hydrogen-bond donors (Lipinski definition) is 1. The summed E-state index contributed by atoms with van der Waals surface area (Å²) in [6.45, 7) is 10.2. The minimum Gasteiger partial charge on any atom is -0.497 e. The number of anilines is 1. The number of nitrogens with zero attached hydrogens (tertiary/aromatic N) is 1. The van der Waals surface area contributed by atoms with Crippen LogP contribution in [0.3, 0.4) is 0 Å². The molecule has 1 aromatic rings. The molecule has 4 atom stereocenters. The first-order chi connectivity index (χ1) is 21.8. The molecule has 256 valence electrons. The van der Waals surface area contributed by atoms with Crippen molar-refractivity contribution >= 4 is 11.8 Å². The van der Waals surface area contributed by atoms with E-state index < -0.39 is 29.9 Å². The van der Waals surface area contributed by atoms with Crippen LogP contribution in [0.15, 0.2) is 24.3 Å². The zero-order valence-corrected chi connectivity index (χ0v) is 28.5. The van der Waals surface area contributed by atoms with Crippen LogP contribution < -0.4 is 10.1 Å². The maximum atomic E-state index is 13.2. The normalized spacial score (nSPS) is 26.1. The van der Waals surface area contributed by atoms with Crippen molar-refractivity contribution in [3.05, 3.63) is 24.3 Å². The number of unbranched alkanes of at least 4 members (excludes halogenated alkanes) is 9. The van der Waals surface area contributed by atoms with Gasteiger partial charge in [-0.1, -0.05) is 71.1 Å². The van der Waals surface area contributed by atoms with E-state index in [1.165, 1.54) is 70.6 Å². The summed E-state index contributed by atoms with van der Waals surface area (Å²) in [5.74, 6) is -1.30. The van der Waals surface area contributed by atoms with E-state index in [2.05, 4.69) is 17.1 Å². The summed E-state index contributed by atoms with van der Waals surface area (Å²) in [5.41, 5.74) is 0.622. The molecule has 0 radical (unpaired) electrons. The fraction of sp³-hybridized carbons (Fsp3) is 0.806. The standard InChI is InChI=1S/C36H60N2O7/c1-5-6-7-8-9-10-11-12-13-17-27-41-28-36-33(44-35(2,3)45-36)32(31(43-36)19-18-26-38-24-15-14-16-25-38)42-34(39)37-29-20-22-30(40-4)23-21-29/h20-23,31-33H,5-19,24-28H2,1-4H3,(H,37,39)/t31-,32+,33-,36-/m0/s1.